The maximum atomic E-state index is 12.4. The van der Waals surface area contributed by atoms with Crippen molar-refractivity contribution in [2.45, 2.75) is 19.0 Å². The van der Waals surface area contributed by atoms with Gasteiger partial charge in [0.1, 0.15) is 0 Å². The summed E-state index contributed by atoms with van der Waals surface area (Å²) in [6.45, 7) is 5.63. The van der Waals surface area contributed by atoms with Crippen LogP contribution < -0.4 is 5.32 Å². The maximum absolute atomic E-state index is 12.4. The van der Waals surface area contributed by atoms with Crippen LogP contribution in [0.4, 0.5) is 0 Å². The molecular formula is C16H26ClNO4Si. The van der Waals surface area contributed by atoms with Crippen molar-refractivity contribution in [3.05, 3.63) is 48.6 Å². The second-order valence-electron chi connectivity index (χ2n) is 5.03. The molecule has 2 unspecified atom stereocenters. The third-order valence-electron chi connectivity index (χ3n) is 3.63. The minimum Gasteiger partial charge on any atom is -0.377 e. The normalized spacial score (nSPS) is 13.6. The molecule has 23 heavy (non-hydrogen) atoms. The molecule has 0 heterocycles. The minimum atomic E-state index is -2.77. The fourth-order valence-electron chi connectivity index (χ4n) is 2.20. The fraction of sp³-hybridized carbons (Fsp3) is 0.438. The van der Waals surface area contributed by atoms with Gasteiger partial charge in [0.25, 0.3) is 0 Å². The standard InChI is InChI=1S/C16H25NO4Si.ClH/c1-6-15(14-10-8-7-9-11-14)17-16(18)13(2)12-22(19-3,20-4)21-5;/h6-11,13,15H,1,12H2,2-5H3,(H,17,18);1H. The second kappa shape index (κ2) is 10.6. The van der Waals surface area contributed by atoms with E-state index < -0.39 is 8.80 Å². The van der Waals surface area contributed by atoms with E-state index in [0.717, 1.165) is 5.56 Å². The lowest BCUT2D eigenvalue weighted by molar-refractivity contribution is -0.124. The van der Waals surface area contributed by atoms with Crippen LogP contribution in [0.15, 0.2) is 43.0 Å². The number of amides is 1. The van der Waals surface area contributed by atoms with Gasteiger partial charge in [-0.1, -0.05) is 43.3 Å². The van der Waals surface area contributed by atoms with Gasteiger partial charge in [-0.2, -0.15) is 0 Å². The van der Waals surface area contributed by atoms with Crippen LogP contribution in [0, 0.1) is 5.92 Å². The Balaban J connectivity index is 0.00000484. The molecule has 0 fully saturated rings. The van der Waals surface area contributed by atoms with Crippen LogP contribution in [-0.2, 0) is 18.1 Å². The van der Waals surface area contributed by atoms with Crippen LogP contribution >= 0.6 is 12.4 Å². The van der Waals surface area contributed by atoms with E-state index in [1.807, 2.05) is 37.3 Å². The van der Waals surface area contributed by atoms with Crippen LogP contribution in [0.2, 0.25) is 6.04 Å². The molecule has 0 aliphatic rings. The predicted molar refractivity (Wildman–Crippen MR) is 95.5 cm³/mol. The summed E-state index contributed by atoms with van der Waals surface area (Å²) in [6.07, 6.45) is 1.72. The lowest BCUT2D eigenvalue weighted by atomic mass is 10.1. The van der Waals surface area contributed by atoms with Gasteiger partial charge in [-0.3, -0.25) is 4.79 Å². The van der Waals surface area contributed by atoms with Crippen molar-refractivity contribution in [2.75, 3.05) is 21.3 Å². The van der Waals surface area contributed by atoms with E-state index >= 15 is 0 Å². The first-order chi connectivity index (χ1) is 10.5. The Morgan fingerprint density at radius 2 is 1.74 bits per heavy atom. The van der Waals surface area contributed by atoms with E-state index in [1.54, 1.807) is 27.4 Å². The number of hydrogen-bond donors (Lipinski definition) is 1. The molecule has 1 aromatic carbocycles. The van der Waals surface area contributed by atoms with Crippen molar-refractivity contribution >= 4 is 27.1 Å². The molecular weight excluding hydrogens is 334 g/mol. The molecule has 0 radical (unpaired) electrons. The Hall–Kier alpha value is -1.18. The Bertz CT molecular complexity index is 474. The molecule has 7 heteroatoms. The quantitative estimate of drug-likeness (QED) is 0.544. The van der Waals surface area contributed by atoms with Crippen molar-refractivity contribution < 1.29 is 18.1 Å². The van der Waals surface area contributed by atoms with Crippen molar-refractivity contribution in [3.63, 3.8) is 0 Å². The summed E-state index contributed by atoms with van der Waals surface area (Å²) >= 11 is 0. The molecule has 0 saturated heterocycles. The van der Waals surface area contributed by atoms with Gasteiger partial charge in [0.15, 0.2) is 0 Å². The number of hydrogen-bond acceptors (Lipinski definition) is 4. The van der Waals surface area contributed by atoms with Gasteiger partial charge in [0.05, 0.1) is 6.04 Å². The Morgan fingerprint density at radius 3 is 2.17 bits per heavy atom. The molecule has 130 valence electrons. The largest absolute Gasteiger partial charge is 0.500 e. The van der Waals surface area contributed by atoms with Crippen molar-refractivity contribution in [1.29, 1.82) is 0 Å². The van der Waals surface area contributed by atoms with Crippen LogP contribution in [0.1, 0.15) is 18.5 Å². The highest BCUT2D eigenvalue weighted by Crippen LogP contribution is 2.21. The second-order valence-corrected chi connectivity index (χ2v) is 8.03. The highest BCUT2D eigenvalue weighted by Gasteiger charge is 2.41. The highest BCUT2D eigenvalue weighted by atomic mass is 35.5. The molecule has 1 amide bonds. The van der Waals surface area contributed by atoms with E-state index in [-0.39, 0.29) is 30.3 Å². The molecule has 0 aliphatic heterocycles. The van der Waals surface area contributed by atoms with Gasteiger partial charge in [0, 0.05) is 33.3 Å². The fourth-order valence-corrected chi connectivity index (χ4v) is 4.14. The van der Waals surface area contributed by atoms with Crippen LogP contribution in [0.5, 0.6) is 0 Å². The average Bonchev–Trinajstić information content (AvgIpc) is 2.58. The van der Waals surface area contributed by atoms with Gasteiger partial charge in [-0.15, -0.1) is 19.0 Å². The smallest absolute Gasteiger partial charge is 0.377 e. The Labute approximate surface area is 145 Å². The van der Waals surface area contributed by atoms with Gasteiger partial charge in [0.2, 0.25) is 5.91 Å². The number of halogens is 1. The molecule has 1 aromatic rings. The number of benzene rings is 1. The van der Waals surface area contributed by atoms with E-state index in [0.29, 0.717) is 6.04 Å². The summed E-state index contributed by atoms with van der Waals surface area (Å²) in [5, 5.41) is 2.98. The molecule has 0 aliphatic carbocycles. The first kappa shape index (κ1) is 21.8. The summed E-state index contributed by atoms with van der Waals surface area (Å²) < 4.78 is 16.1. The van der Waals surface area contributed by atoms with Crippen molar-refractivity contribution in [1.82, 2.24) is 5.32 Å². The van der Waals surface area contributed by atoms with E-state index in [4.69, 9.17) is 13.3 Å². The number of carbonyl (C=O) groups excluding carboxylic acids is 1. The molecule has 0 bridgehead atoms. The lowest BCUT2D eigenvalue weighted by Crippen LogP contribution is -2.46. The van der Waals surface area contributed by atoms with Crippen molar-refractivity contribution in [3.8, 4) is 0 Å². The number of nitrogens with one attached hydrogen (secondary N) is 1. The summed E-state index contributed by atoms with van der Waals surface area (Å²) in [5.74, 6) is -0.380. The van der Waals surface area contributed by atoms with E-state index in [1.165, 1.54) is 0 Å². The van der Waals surface area contributed by atoms with Crippen LogP contribution in [-0.4, -0.2) is 36.0 Å². The Morgan fingerprint density at radius 1 is 1.22 bits per heavy atom. The maximum Gasteiger partial charge on any atom is 0.500 e. The first-order valence-electron chi connectivity index (χ1n) is 7.15. The molecule has 1 rings (SSSR count). The molecule has 1 N–H and O–H groups in total. The third kappa shape index (κ3) is 6.08. The summed E-state index contributed by atoms with van der Waals surface area (Å²) in [7, 11) is 1.86. The van der Waals surface area contributed by atoms with E-state index in [9.17, 15) is 4.79 Å². The zero-order valence-corrected chi connectivity index (χ0v) is 15.9. The predicted octanol–water partition coefficient (Wildman–Crippen LogP) is 2.97. The average molecular weight is 360 g/mol. The molecule has 0 saturated carbocycles. The van der Waals surface area contributed by atoms with Gasteiger partial charge < -0.3 is 18.6 Å². The monoisotopic (exact) mass is 359 g/mol. The molecule has 0 aromatic heterocycles. The van der Waals surface area contributed by atoms with Crippen LogP contribution in [0.25, 0.3) is 0 Å². The number of rotatable bonds is 9. The molecule has 0 spiro atoms. The summed E-state index contributed by atoms with van der Waals surface area (Å²) in [5.41, 5.74) is 0.992. The molecule has 5 nitrogen and oxygen atoms in total. The minimum absolute atomic E-state index is 0. The van der Waals surface area contributed by atoms with E-state index in [2.05, 4.69) is 11.9 Å². The zero-order valence-electron chi connectivity index (χ0n) is 14.1. The first-order valence-corrected chi connectivity index (χ1v) is 9.08. The zero-order chi connectivity index (χ0) is 16.6. The topological polar surface area (TPSA) is 56.8 Å². The highest BCUT2D eigenvalue weighted by molar-refractivity contribution is 6.60. The Kier molecular flexibility index (Phi) is 10.0. The third-order valence-corrected chi connectivity index (χ3v) is 6.61. The van der Waals surface area contributed by atoms with Gasteiger partial charge in [-0.05, 0) is 5.56 Å². The lowest BCUT2D eigenvalue weighted by Gasteiger charge is -2.27. The summed E-state index contributed by atoms with van der Waals surface area (Å²) in [4.78, 5) is 12.4. The van der Waals surface area contributed by atoms with Gasteiger partial charge >= 0.3 is 8.80 Å². The van der Waals surface area contributed by atoms with Gasteiger partial charge in [-0.25, -0.2) is 0 Å². The molecule has 2 atom stereocenters. The summed E-state index contributed by atoms with van der Waals surface area (Å²) in [6, 6.07) is 9.90. The van der Waals surface area contributed by atoms with Crippen molar-refractivity contribution in [2.24, 2.45) is 5.92 Å². The number of carbonyl (C=O) groups is 1. The van der Waals surface area contributed by atoms with Crippen LogP contribution in [0.3, 0.4) is 0 Å². The SMILES string of the molecule is C=CC(NC(=O)C(C)C[Si](OC)(OC)OC)c1ccccc1.Cl.